The summed E-state index contributed by atoms with van der Waals surface area (Å²) in [6, 6.07) is 16.4. The SMILES string of the molecule is COc1ccc(CCNC(=O)CCS(=O)(=O)N(C)c2ccccc2)cc1. The number of anilines is 1. The number of carbonyl (C=O) groups is 1. The fraction of sp³-hybridized carbons (Fsp3) is 0.316. The Bertz CT molecular complexity index is 805. The van der Waals surface area contributed by atoms with Crippen LogP contribution in [0.5, 0.6) is 5.75 Å². The van der Waals surface area contributed by atoms with Gasteiger partial charge in [-0.1, -0.05) is 30.3 Å². The lowest BCUT2D eigenvalue weighted by atomic mass is 10.1. The Kier molecular flexibility index (Phi) is 7.03. The average molecular weight is 376 g/mol. The Morgan fingerprint density at radius 1 is 1.08 bits per heavy atom. The van der Waals surface area contributed by atoms with Crippen molar-refractivity contribution in [2.75, 3.05) is 30.8 Å². The van der Waals surface area contributed by atoms with Gasteiger partial charge >= 0.3 is 0 Å². The number of rotatable bonds is 9. The number of nitrogens with one attached hydrogen (secondary N) is 1. The molecule has 26 heavy (non-hydrogen) atoms. The molecule has 2 rings (SSSR count). The maximum absolute atomic E-state index is 12.3. The molecule has 0 unspecified atom stereocenters. The second kappa shape index (κ2) is 9.24. The number of nitrogens with zero attached hydrogens (tertiary/aromatic N) is 1. The second-order valence-corrected chi connectivity index (χ2v) is 7.94. The topological polar surface area (TPSA) is 75.7 Å². The van der Waals surface area contributed by atoms with E-state index in [9.17, 15) is 13.2 Å². The predicted octanol–water partition coefficient (Wildman–Crippen LogP) is 2.21. The van der Waals surface area contributed by atoms with E-state index < -0.39 is 10.0 Å². The summed E-state index contributed by atoms with van der Waals surface area (Å²) in [6.07, 6.45) is 0.606. The molecule has 0 aromatic heterocycles. The molecule has 2 aromatic carbocycles. The molecule has 0 saturated heterocycles. The van der Waals surface area contributed by atoms with Crippen molar-refractivity contribution in [3.63, 3.8) is 0 Å². The molecular formula is C19H24N2O4S. The van der Waals surface area contributed by atoms with E-state index >= 15 is 0 Å². The standard InChI is InChI=1S/C19H24N2O4S/c1-21(17-6-4-3-5-7-17)26(23,24)15-13-19(22)20-14-12-16-8-10-18(25-2)11-9-16/h3-11H,12-15H2,1-2H3,(H,20,22). The lowest BCUT2D eigenvalue weighted by molar-refractivity contribution is -0.120. The van der Waals surface area contributed by atoms with Gasteiger partial charge < -0.3 is 10.1 Å². The Hall–Kier alpha value is -2.54. The van der Waals surface area contributed by atoms with Crippen molar-refractivity contribution in [3.05, 3.63) is 60.2 Å². The van der Waals surface area contributed by atoms with E-state index in [2.05, 4.69) is 5.32 Å². The minimum absolute atomic E-state index is 0.0673. The molecule has 2 aromatic rings. The van der Waals surface area contributed by atoms with Crippen LogP contribution in [0.4, 0.5) is 5.69 Å². The molecule has 0 aliphatic heterocycles. The van der Waals surface area contributed by atoms with Gasteiger partial charge in [0.1, 0.15) is 5.75 Å². The van der Waals surface area contributed by atoms with Crippen LogP contribution in [0, 0.1) is 0 Å². The molecule has 0 fully saturated rings. The van der Waals surface area contributed by atoms with Gasteiger partial charge in [-0.05, 0) is 36.2 Å². The maximum Gasteiger partial charge on any atom is 0.235 e. The van der Waals surface area contributed by atoms with Gasteiger partial charge in [-0.25, -0.2) is 8.42 Å². The number of methoxy groups -OCH3 is 1. The highest BCUT2D eigenvalue weighted by Gasteiger charge is 2.19. The molecule has 0 aliphatic carbocycles. The normalized spacial score (nSPS) is 11.0. The van der Waals surface area contributed by atoms with E-state index in [1.54, 1.807) is 31.4 Å². The summed E-state index contributed by atoms with van der Waals surface area (Å²) >= 11 is 0. The third-order valence-electron chi connectivity index (χ3n) is 4.02. The van der Waals surface area contributed by atoms with Crippen molar-refractivity contribution in [1.82, 2.24) is 5.32 Å². The third-order valence-corrected chi connectivity index (χ3v) is 5.78. The number of sulfonamides is 1. The Morgan fingerprint density at radius 3 is 2.35 bits per heavy atom. The number of hydrogen-bond acceptors (Lipinski definition) is 4. The average Bonchev–Trinajstić information content (AvgIpc) is 2.67. The van der Waals surface area contributed by atoms with Crippen LogP contribution in [0.1, 0.15) is 12.0 Å². The molecular weight excluding hydrogens is 352 g/mol. The molecule has 0 saturated carbocycles. The number of hydrogen-bond donors (Lipinski definition) is 1. The molecule has 6 nitrogen and oxygen atoms in total. The fourth-order valence-corrected chi connectivity index (χ4v) is 3.54. The van der Waals surface area contributed by atoms with E-state index in [1.807, 2.05) is 30.3 Å². The molecule has 0 atom stereocenters. The molecule has 1 N–H and O–H groups in total. The first-order valence-electron chi connectivity index (χ1n) is 8.33. The lowest BCUT2D eigenvalue weighted by Gasteiger charge is -2.19. The monoisotopic (exact) mass is 376 g/mol. The smallest absolute Gasteiger partial charge is 0.235 e. The van der Waals surface area contributed by atoms with E-state index in [1.165, 1.54) is 11.4 Å². The van der Waals surface area contributed by atoms with E-state index in [0.29, 0.717) is 18.7 Å². The van der Waals surface area contributed by atoms with Gasteiger partial charge in [0.05, 0.1) is 18.6 Å². The Labute approximate surface area is 154 Å². The summed E-state index contributed by atoms with van der Waals surface area (Å²) in [5, 5.41) is 2.76. The molecule has 0 heterocycles. The molecule has 0 bridgehead atoms. The minimum Gasteiger partial charge on any atom is -0.497 e. The number of para-hydroxylation sites is 1. The van der Waals surface area contributed by atoms with Crippen LogP contribution in [0.2, 0.25) is 0 Å². The Morgan fingerprint density at radius 2 is 1.73 bits per heavy atom. The highest BCUT2D eigenvalue weighted by molar-refractivity contribution is 7.92. The zero-order valence-electron chi connectivity index (χ0n) is 15.0. The highest BCUT2D eigenvalue weighted by atomic mass is 32.2. The molecule has 1 amide bonds. The molecule has 0 spiro atoms. The van der Waals surface area contributed by atoms with Crippen molar-refractivity contribution in [1.29, 1.82) is 0 Å². The van der Waals surface area contributed by atoms with Crippen molar-refractivity contribution in [2.24, 2.45) is 0 Å². The molecule has 7 heteroatoms. The number of ether oxygens (including phenoxy) is 1. The summed E-state index contributed by atoms with van der Waals surface area (Å²) < 4.78 is 31.0. The number of amides is 1. The van der Waals surface area contributed by atoms with Crippen LogP contribution in [-0.2, 0) is 21.2 Å². The summed E-state index contributed by atoms with van der Waals surface area (Å²) in [4.78, 5) is 11.9. The van der Waals surface area contributed by atoms with Gasteiger partial charge in [-0.3, -0.25) is 9.10 Å². The third kappa shape index (κ3) is 5.77. The van der Waals surface area contributed by atoms with Crippen LogP contribution in [-0.4, -0.2) is 40.8 Å². The largest absolute Gasteiger partial charge is 0.497 e. The predicted molar refractivity (Wildman–Crippen MR) is 103 cm³/mol. The van der Waals surface area contributed by atoms with Gasteiger partial charge in [-0.15, -0.1) is 0 Å². The van der Waals surface area contributed by atoms with Crippen molar-refractivity contribution in [2.45, 2.75) is 12.8 Å². The molecule has 140 valence electrons. The molecule has 0 aliphatic rings. The zero-order valence-corrected chi connectivity index (χ0v) is 15.8. The molecule has 0 radical (unpaired) electrons. The van der Waals surface area contributed by atoms with Crippen molar-refractivity contribution in [3.8, 4) is 5.75 Å². The van der Waals surface area contributed by atoms with Crippen LogP contribution in [0.15, 0.2) is 54.6 Å². The van der Waals surface area contributed by atoms with Gasteiger partial charge in [0.2, 0.25) is 15.9 Å². The van der Waals surface area contributed by atoms with Crippen LogP contribution < -0.4 is 14.4 Å². The van der Waals surface area contributed by atoms with E-state index in [-0.39, 0.29) is 18.1 Å². The van der Waals surface area contributed by atoms with Gasteiger partial charge in [0, 0.05) is 20.0 Å². The number of carbonyl (C=O) groups excluding carboxylic acids is 1. The first kappa shape index (κ1) is 19.8. The van der Waals surface area contributed by atoms with Crippen molar-refractivity contribution >= 4 is 21.6 Å². The van der Waals surface area contributed by atoms with Gasteiger partial charge in [-0.2, -0.15) is 0 Å². The van der Waals surface area contributed by atoms with E-state index in [4.69, 9.17) is 4.74 Å². The summed E-state index contributed by atoms with van der Waals surface area (Å²) in [7, 11) is -0.433. The second-order valence-electron chi connectivity index (χ2n) is 5.82. The first-order valence-corrected chi connectivity index (χ1v) is 9.94. The van der Waals surface area contributed by atoms with Crippen LogP contribution in [0.3, 0.4) is 0 Å². The zero-order chi connectivity index (χ0) is 19.0. The quantitative estimate of drug-likeness (QED) is 0.728. The van der Waals surface area contributed by atoms with E-state index in [0.717, 1.165) is 11.3 Å². The summed E-state index contributed by atoms with van der Waals surface area (Å²) in [6.45, 7) is 0.458. The maximum atomic E-state index is 12.3. The first-order chi connectivity index (χ1) is 12.4. The van der Waals surface area contributed by atoms with Crippen LogP contribution in [0.25, 0.3) is 0 Å². The summed E-state index contributed by atoms with van der Waals surface area (Å²) in [5.74, 6) is 0.279. The Balaban J connectivity index is 1.76. The highest BCUT2D eigenvalue weighted by Crippen LogP contribution is 2.16. The van der Waals surface area contributed by atoms with Gasteiger partial charge in [0.25, 0.3) is 0 Å². The lowest BCUT2D eigenvalue weighted by Crippen LogP contribution is -2.33. The van der Waals surface area contributed by atoms with Crippen LogP contribution >= 0.6 is 0 Å². The summed E-state index contributed by atoms with van der Waals surface area (Å²) in [5.41, 5.74) is 1.65. The minimum atomic E-state index is -3.53. The van der Waals surface area contributed by atoms with Crippen molar-refractivity contribution < 1.29 is 17.9 Å². The van der Waals surface area contributed by atoms with Gasteiger partial charge in [0.15, 0.2) is 0 Å². The fourth-order valence-electron chi connectivity index (χ4n) is 2.38. The number of benzene rings is 2.